The summed E-state index contributed by atoms with van der Waals surface area (Å²) in [6.45, 7) is 1.32. The minimum atomic E-state index is -3.85. The first-order valence-electron chi connectivity index (χ1n) is 8.48. The molecule has 0 aliphatic carbocycles. The molecule has 9 heteroatoms. The summed E-state index contributed by atoms with van der Waals surface area (Å²) in [7, 11) is -3.85. The normalized spacial score (nSPS) is 14.1. The molecule has 0 saturated carbocycles. The lowest BCUT2D eigenvalue weighted by Crippen LogP contribution is -2.29. The molecule has 2 aromatic carbocycles. The van der Waals surface area contributed by atoms with E-state index in [-0.39, 0.29) is 17.3 Å². The summed E-state index contributed by atoms with van der Waals surface area (Å²) in [6, 6.07) is 11.9. The third kappa shape index (κ3) is 4.62. The van der Waals surface area contributed by atoms with Gasteiger partial charge in [0.05, 0.1) is 21.9 Å². The van der Waals surface area contributed by atoms with Crippen LogP contribution in [0.4, 0.5) is 11.4 Å². The molecular formula is C18H19N3O5S. The van der Waals surface area contributed by atoms with Gasteiger partial charge in [0.25, 0.3) is 11.6 Å². The van der Waals surface area contributed by atoms with E-state index in [1.807, 2.05) is 0 Å². The van der Waals surface area contributed by atoms with Crippen molar-refractivity contribution in [2.75, 3.05) is 17.8 Å². The third-order valence-electron chi connectivity index (χ3n) is 4.29. The van der Waals surface area contributed by atoms with Crippen LogP contribution in [0.25, 0.3) is 0 Å². The van der Waals surface area contributed by atoms with Crippen molar-refractivity contribution in [2.24, 2.45) is 0 Å². The van der Waals surface area contributed by atoms with Crippen LogP contribution in [0.15, 0.2) is 48.5 Å². The topological polar surface area (TPSA) is 110 Å². The molecule has 0 radical (unpaired) electrons. The number of likely N-dealkylation sites (tertiary alicyclic amines) is 1. The summed E-state index contributed by atoms with van der Waals surface area (Å²) < 4.78 is 27.5. The summed E-state index contributed by atoms with van der Waals surface area (Å²) >= 11 is 0. The number of carbonyl (C=O) groups is 1. The Bertz CT molecular complexity index is 968. The Morgan fingerprint density at radius 2 is 1.81 bits per heavy atom. The van der Waals surface area contributed by atoms with Crippen molar-refractivity contribution in [3.05, 3.63) is 69.8 Å². The summed E-state index contributed by atoms with van der Waals surface area (Å²) in [4.78, 5) is 24.6. The molecule has 3 rings (SSSR count). The number of nitro groups is 1. The van der Waals surface area contributed by atoms with Crippen LogP contribution in [0.5, 0.6) is 0 Å². The highest BCUT2D eigenvalue weighted by Crippen LogP contribution is 2.22. The fourth-order valence-electron chi connectivity index (χ4n) is 3.03. The molecule has 0 bridgehead atoms. The van der Waals surface area contributed by atoms with Gasteiger partial charge >= 0.3 is 0 Å². The first kappa shape index (κ1) is 18.8. The predicted molar refractivity (Wildman–Crippen MR) is 101 cm³/mol. The van der Waals surface area contributed by atoms with Crippen LogP contribution in [0.2, 0.25) is 0 Å². The zero-order valence-corrected chi connectivity index (χ0v) is 15.3. The molecule has 142 valence electrons. The number of sulfonamides is 1. The molecule has 0 aromatic heterocycles. The molecule has 1 saturated heterocycles. The average Bonchev–Trinajstić information content (AvgIpc) is 3.15. The first-order chi connectivity index (χ1) is 12.9. The Morgan fingerprint density at radius 3 is 2.52 bits per heavy atom. The minimum Gasteiger partial charge on any atom is -0.339 e. The molecule has 1 amide bonds. The van der Waals surface area contributed by atoms with Crippen molar-refractivity contribution < 1.29 is 18.1 Å². The quantitative estimate of drug-likeness (QED) is 0.603. The predicted octanol–water partition coefficient (Wildman–Crippen LogP) is 2.77. The Hall–Kier alpha value is -2.94. The number of hydrogen-bond donors (Lipinski definition) is 1. The molecule has 0 unspecified atom stereocenters. The zero-order chi connectivity index (χ0) is 19.4. The van der Waals surface area contributed by atoms with Gasteiger partial charge in [-0.05, 0) is 30.5 Å². The third-order valence-corrected chi connectivity index (χ3v) is 5.54. The number of amides is 1. The Labute approximate surface area is 157 Å². The number of non-ortho nitro benzene ring substituents is 1. The Morgan fingerprint density at radius 1 is 1.11 bits per heavy atom. The lowest BCUT2D eigenvalue weighted by molar-refractivity contribution is -0.384. The number of carbonyl (C=O) groups excluding carboxylic acids is 1. The van der Waals surface area contributed by atoms with Gasteiger partial charge in [0.2, 0.25) is 10.0 Å². The SMILES string of the molecule is O=C(c1ccccc1NS(=O)(=O)Cc1cccc([N+](=O)[O-])c1)N1CCCC1. The van der Waals surface area contributed by atoms with Crippen LogP contribution in [-0.4, -0.2) is 37.2 Å². The maximum Gasteiger partial charge on any atom is 0.269 e. The van der Waals surface area contributed by atoms with Gasteiger partial charge in [-0.2, -0.15) is 0 Å². The van der Waals surface area contributed by atoms with Gasteiger partial charge in [-0.1, -0.05) is 24.3 Å². The standard InChI is InChI=1S/C18H19N3O5S/c22-18(20-10-3-4-11-20)16-8-1-2-9-17(16)19-27(25,26)13-14-6-5-7-15(12-14)21(23)24/h1-2,5-9,12,19H,3-4,10-11,13H2. The van der Waals surface area contributed by atoms with Crippen molar-refractivity contribution in [3.63, 3.8) is 0 Å². The van der Waals surface area contributed by atoms with Gasteiger partial charge in [-0.25, -0.2) is 8.42 Å². The molecule has 1 aliphatic heterocycles. The second-order valence-corrected chi connectivity index (χ2v) is 8.06. The highest BCUT2D eigenvalue weighted by Gasteiger charge is 2.23. The number of hydrogen-bond acceptors (Lipinski definition) is 5. The van der Waals surface area contributed by atoms with Gasteiger partial charge in [0, 0.05) is 25.2 Å². The maximum atomic E-state index is 12.6. The van der Waals surface area contributed by atoms with Crippen LogP contribution in [0.3, 0.4) is 0 Å². The number of nitrogens with one attached hydrogen (secondary N) is 1. The zero-order valence-electron chi connectivity index (χ0n) is 14.5. The van der Waals surface area contributed by atoms with Crippen LogP contribution >= 0.6 is 0 Å². The average molecular weight is 389 g/mol. The molecule has 1 fully saturated rings. The monoisotopic (exact) mass is 389 g/mol. The van der Waals surface area contributed by atoms with Gasteiger partial charge in [-0.3, -0.25) is 19.6 Å². The second kappa shape index (κ2) is 7.75. The van der Waals surface area contributed by atoms with Gasteiger partial charge in [0.15, 0.2) is 0 Å². The Balaban J connectivity index is 1.81. The molecule has 0 atom stereocenters. The van der Waals surface area contributed by atoms with Gasteiger partial charge in [0.1, 0.15) is 0 Å². The molecule has 0 spiro atoms. The van der Waals surface area contributed by atoms with E-state index < -0.39 is 20.7 Å². The van der Waals surface area contributed by atoms with Gasteiger partial charge in [-0.15, -0.1) is 0 Å². The molecule has 8 nitrogen and oxygen atoms in total. The van der Waals surface area contributed by atoms with Crippen LogP contribution in [0.1, 0.15) is 28.8 Å². The molecule has 27 heavy (non-hydrogen) atoms. The molecule has 2 aromatic rings. The second-order valence-electron chi connectivity index (χ2n) is 6.33. The van der Waals surface area contributed by atoms with E-state index in [9.17, 15) is 23.3 Å². The smallest absolute Gasteiger partial charge is 0.269 e. The summed E-state index contributed by atoms with van der Waals surface area (Å²) in [5, 5.41) is 10.9. The number of rotatable bonds is 6. The number of anilines is 1. The van der Waals surface area contributed by atoms with Gasteiger partial charge < -0.3 is 4.90 Å². The molecule has 1 N–H and O–H groups in total. The minimum absolute atomic E-state index is 0.174. The number of nitro benzene ring substituents is 1. The molecule has 1 heterocycles. The number of benzene rings is 2. The number of para-hydroxylation sites is 1. The lowest BCUT2D eigenvalue weighted by atomic mass is 10.1. The summed E-state index contributed by atoms with van der Waals surface area (Å²) in [5.41, 5.74) is 0.620. The van der Waals surface area contributed by atoms with E-state index in [2.05, 4.69) is 4.72 Å². The summed E-state index contributed by atoms with van der Waals surface area (Å²) in [5.74, 6) is -0.637. The number of nitrogens with zero attached hydrogens (tertiary/aromatic N) is 2. The van der Waals surface area contributed by atoms with E-state index in [0.29, 0.717) is 24.2 Å². The van der Waals surface area contributed by atoms with Crippen LogP contribution in [-0.2, 0) is 15.8 Å². The van der Waals surface area contributed by atoms with Crippen molar-refractivity contribution in [1.29, 1.82) is 0 Å². The molecule has 1 aliphatic rings. The highest BCUT2D eigenvalue weighted by molar-refractivity contribution is 7.91. The fraction of sp³-hybridized carbons (Fsp3) is 0.278. The maximum absolute atomic E-state index is 12.6. The first-order valence-corrected chi connectivity index (χ1v) is 10.1. The van der Waals surface area contributed by atoms with E-state index in [1.165, 1.54) is 30.3 Å². The van der Waals surface area contributed by atoms with E-state index >= 15 is 0 Å². The lowest BCUT2D eigenvalue weighted by Gasteiger charge is -2.18. The van der Waals surface area contributed by atoms with Crippen LogP contribution < -0.4 is 4.72 Å². The largest absolute Gasteiger partial charge is 0.339 e. The molecular weight excluding hydrogens is 370 g/mol. The highest BCUT2D eigenvalue weighted by atomic mass is 32.2. The van der Waals surface area contributed by atoms with Crippen LogP contribution in [0, 0.1) is 10.1 Å². The van der Waals surface area contributed by atoms with E-state index in [0.717, 1.165) is 12.8 Å². The van der Waals surface area contributed by atoms with E-state index in [4.69, 9.17) is 0 Å². The van der Waals surface area contributed by atoms with Crippen molar-refractivity contribution in [1.82, 2.24) is 4.90 Å². The fourth-order valence-corrected chi connectivity index (χ4v) is 4.24. The van der Waals surface area contributed by atoms with Crippen molar-refractivity contribution in [2.45, 2.75) is 18.6 Å². The van der Waals surface area contributed by atoms with Crippen molar-refractivity contribution in [3.8, 4) is 0 Å². The van der Waals surface area contributed by atoms with E-state index in [1.54, 1.807) is 23.1 Å². The summed E-state index contributed by atoms with van der Waals surface area (Å²) in [6.07, 6.45) is 1.87. The Kier molecular flexibility index (Phi) is 5.41. The van der Waals surface area contributed by atoms with Crippen molar-refractivity contribution >= 4 is 27.3 Å².